The van der Waals surface area contributed by atoms with Gasteiger partial charge in [0.25, 0.3) is 0 Å². The van der Waals surface area contributed by atoms with Crippen molar-refractivity contribution < 1.29 is 18.7 Å². The SMILES string of the molecule is CC1CCC(COc2cc(F)c(C(=O)OC(C)(C)C)cc2Cl)CC1. The Hall–Kier alpha value is -1.29. The van der Waals surface area contributed by atoms with E-state index < -0.39 is 17.4 Å². The number of halogens is 2. The van der Waals surface area contributed by atoms with Gasteiger partial charge in [0.1, 0.15) is 17.2 Å². The Morgan fingerprint density at radius 1 is 1.25 bits per heavy atom. The molecular weight excluding hydrogens is 331 g/mol. The number of benzene rings is 1. The van der Waals surface area contributed by atoms with Gasteiger partial charge in [0.15, 0.2) is 0 Å². The van der Waals surface area contributed by atoms with Crippen LogP contribution in [-0.4, -0.2) is 18.2 Å². The molecule has 0 unspecified atom stereocenters. The van der Waals surface area contributed by atoms with Crippen LogP contribution in [0, 0.1) is 17.7 Å². The smallest absolute Gasteiger partial charge is 0.341 e. The summed E-state index contributed by atoms with van der Waals surface area (Å²) in [4.78, 5) is 12.0. The fourth-order valence-electron chi connectivity index (χ4n) is 2.83. The maximum absolute atomic E-state index is 14.2. The molecule has 0 aliphatic heterocycles. The van der Waals surface area contributed by atoms with Crippen molar-refractivity contribution in [1.82, 2.24) is 0 Å². The maximum Gasteiger partial charge on any atom is 0.341 e. The number of hydrogen-bond donors (Lipinski definition) is 0. The van der Waals surface area contributed by atoms with Crippen LogP contribution in [0.1, 0.15) is 63.7 Å². The maximum atomic E-state index is 14.2. The van der Waals surface area contributed by atoms with Crippen LogP contribution in [0.4, 0.5) is 4.39 Å². The van der Waals surface area contributed by atoms with E-state index in [9.17, 15) is 9.18 Å². The molecule has 0 saturated heterocycles. The predicted octanol–water partition coefficient (Wildman–Crippen LogP) is 5.64. The Morgan fingerprint density at radius 3 is 2.46 bits per heavy atom. The molecule has 1 aromatic rings. The van der Waals surface area contributed by atoms with Crippen LogP contribution in [0.2, 0.25) is 5.02 Å². The molecule has 0 bridgehead atoms. The molecule has 0 atom stereocenters. The molecule has 0 radical (unpaired) electrons. The second-order valence-electron chi connectivity index (χ2n) is 7.70. The minimum absolute atomic E-state index is 0.172. The van der Waals surface area contributed by atoms with Gasteiger partial charge in [-0.05, 0) is 51.5 Å². The van der Waals surface area contributed by atoms with Gasteiger partial charge >= 0.3 is 5.97 Å². The van der Waals surface area contributed by atoms with Gasteiger partial charge in [-0.25, -0.2) is 9.18 Å². The standard InChI is InChI=1S/C19H26ClFO3/c1-12-5-7-13(8-6-12)11-23-17-10-16(21)14(9-15(17)20)18(22)24-19(2,3)4/h9-10,12-13H,5-8,11H2,1-4H3. The van der Waals surface area contributed by atoms with E-state index in [0.29, 0.717) is 12.5 Å². The molecule has 0 heterocycles. The molecule has 1 fully saturated rings. The first-order valence-corrected chi connectivity index (χ1v) is 8.88. The Morgan fingerprint density at radius 2 is 1.88 bits per heavy atom. The van der Waals surface area contributed by atoms with Crippen LogP contribution in [-0.2, 0) is 4.74 Å². The third-order valence-corrected chi connectivity index (χ3v) is 4.55. The van der Waals surface area contributed by atoms with Crippen molar-refractivity contribution in [1.29, 1.82) is 0 Å². The minimum Gasteiger partial charge on any atom is -0.492 e. The van der Waals surface area contributed by atoms with Gasteiger partial charge < -0.3 is 9.47 Å². The number of carbonyl (C=O) groups is 1. The fourth-order valence-corrected chi connectivity index (χ4v) is 3.05. The van der Waals surface area contributed by atoms with Crippen LogP contribution in [0.5, 0.6) is 5.75 Å². The number of ether oxygens (including phenoxy) is 2. The molecule has 0 spiro atoms. The number of hydrogen-bond acceptors (Lipinski definition) is 3. The second kappa shape index (κ2) is 7.73. The molecule has 3 nitrogen and oxygen atoms in total. The van der Waals surface area contributed by atoms with Gasteiger partial charge in [-0.2, -0.15) is 0 Å². The van der Waals surface area contributed by atoms with E-state index in [1.807, 2.05) is 0 Å². The van der Waals surface area contributed by atoms with E-state index in [2.05, 4.69) is 6.92 Å². The fraction of sp³-hybridized carbons (Fsp3) is 0.632. The Kier molecular flexibility index (Phi) is 6.13. The lowest BCUT2D eigenvalue weighted by Gasteiger charge is -2.26. The Balaban J connectivity index is 2.02. The van der Waals surface area contributed by atoms with Crippen molar-refractivity contribution in [3.05, 3.63) is 28.5 Å². The molecule has 0 N–H and O–H groups in total. The first-order valence-electron chi connectivity index (χ1n) is 8.51. The number of rotatable bonds is 4. The first kappa shape index (κ1) is 19.0. The van der Waals surface area contributed by atoms with Crippen molar-refractivity contribution in [2.24, 2.45) is 11.8 Å². The molecule has 5 heteroatoms. The van der Waals surface area contributed by atoms with Gasteiger partial charge in [-0.15, -0.1) is 0 Å². The summed E-state index contributed by atoms with van der Waals surface area (Å²) in [6.07, 6.45) is 4.65. The van der Waals surface area contributed by atoms with Crippen molar-refractivity contribution in [3.63, 3.8) is 0 Å². The van der Waals surface area contributed by atoms with Gasteiger partial charge in [0.2, 0.25) is 0 Å². The van der Waals surface area contributed by atoms with Crippen molar-refractivity contribution in [2.75, 3.05) is 6.61 Å². The number of carbonyl (C=O) groups excluding carboxylic acids is 1. The van der Waals surface area contributed by atoms with Crippen molar-refractivity contribution in [2.45, 2.75) is 59.0 Å². The zero-order valence-electron chi connectivity index (χ0n) is 14.8. The summed E-state index contributed by atoms with van der Waals surface area (Å²) < 4.78 is 25.1. The second-order valence-corrected chi connectivity index (χ2v) is 8.11. The van der Waals surface area contributed by atoms with Crippen molar-refractivity contribution >= 4 is 17.6 Å². The van der Waals surface area contributed by atoms with E-state index >= 15 is 0 Å². The van der Waals surface area contributed by atoms with Crippen LogP contribution in [0.3, 0.4) is 0 Å². The molecular formula is C19H26ClFO3. The normalized spacial score (nSPS) is 21.4. The topological polar surface area (TPSA) is 35.5 Å². The summed E-state index contributed by atoms with van der Waals surface area (Å²) in [6.45, 7) is 7.98. The van der Waals surface area contributed by atoms with Crippen LogP contribution < -0.4 is 4.74 Å². The monoisotopic (exact) mass is 356 g/mol. The molecule has 1 aromatic carbocycles. The lowest BCUT2D eigenvalue weighted by Crippen LogP contribution is -2.24. The highest BCUT2D eigenvalue weighted by Gasteiger charge is 2.23. The highest BCUT2D eigenvalue weighted by molar-refractivity contribution is 6.32. The minimum atomic E-state index is -0.727. The van der Waals surface area contributed by atoms with Gasteiger partial charge in [-0.3, -0.25) is 0 Å². The molecule has 2 rings (SSSR count). The molecule has 134 valence electrons. The average molecular weight is 357 g/mol. The van der Waals surface area contributed by atoms with Gasteiger partial charge in [0, 0.05) is 6.07 Å². The number of esters is 1. The summed E-state index contributed by atoms with van der Waals surface area (Å²) in [5, 5.41) is 0.224. The predicted molar refractivity (Wildman–Crippen MR) is 93.2 cm³/mol. The summed E-state index contributed by atoms with van der Waals surface area (Å²) in [6, 6.07) is 2.45. The molecule has 1 aliphatic carbocycles. The van der Waals surface area contributed by atoms with Gasteiger partial charge in [-0.1, -0.05) is 31.4 Å². The average Bonchev–Trinajstić information content (AvgIpc) is 2.47. The molecule has 1 saturated carbocycles. The van der Waals surface area contributed by atoms with Crippen molar-refractivity contribution in [3.8, 4) is 5.75 Å². The third kappa shape index (κ3) is 5.37. The highest BCUT2D eigenvalue weighted by Crippen LogP contribution is 2.32. The van der Waals surface area contributed by atoms with E-state index in [-0.39, 0.29) is 16.3 Å². The van der Waals surface area contributed by atoms with Crippen LogP contribution in [0.25, 0.3) is 0 Å². The lowest BCUT2D eigenvalue weighted by molar-refractivity contribution is 0.00646. The summed E-state index contributed by atoms with van der Waals surface area (Å²) in [5.41, 5.74) is -0.864. The lowest BCUT2D eigenvalue weighted by atomic mass is 9.83. The third-order valence-electron chi connectivity index (χ3n) is 4.25. The zero-order valence-corrected chi connectivity index (χ0v) is 15.6. The van der Waals surface area contributed by atoms with E-state index in [4.69, 9.17) is 21.1 Å². The molecule has 0 amide bonds. The quantitative estimate of drug-likeness (QED) is 0.655. The van der Waals surface area contributed by atoms with E-state index in [1.54, 1.807) is 20.8 Å². The summed E-state index contributed by atoms with van der Waals surface area (Å²) in [5.74, 6) is 0.122. The molecule has 1 aliphatic rings. The molecule has 0 aromatic heterocycles. The Bertz CT molecular complexity index is 587. The van der Waals surface area contributed by atoms with Crippen LogP contribution in [0.15, 0.2) is 12.1 Å². The van der Waals surface area contributed by atoms with Crippen LogP contribution >= 0.6 is 11.6 Å². The molecule has 24 heavy (non-hydrogen) atoms. The largest absolute Gasteiger partial charge is 0.492 e. The van der Waals surface area contributed by atoms with Gasteiger partial charge in [0.05, 0.1) is 17.2 Å². The zero-order chi connectivity index (χ0) is 17.9. The Labute approximate surface area is 148 Å². The van der Waals surface area contributed by atoms with E-state index in [0.717, 1.165) is 18.8 Å². The summed E-state index contributed by atoms with van der Waals surface area (Å²) >= 11 is 6.16. The highest BCUT2D eigenvalue weighted by atomic mass is 35.5. The first-order chi connectivity index (χ1) is 11.2. The summed E-state index contributed by atoms with van der Waals surface area (Å²) in [7, 11) is 0. The van der Waals surface area contributed by atoms with E-state index in [1.165, 1.54) is 25.0 Å².